The largest absolute Gasteiger partial charge is 0.481 e. The Hall–Kier alpha value is -2.40. The maximum atomic E-state index is 12.9. The molecule has 38 heavy (non-hydrogen) atoms. The molecule has 1 heterocycles. The van der Waals surface area contributed by atoms with Crippen LogP contribution >= 0.6 is 11.6 Å². The van der Waals surface area contributed by atoms with E-state index in [1.807, 2.05) is 65.8 Å². The fraction of sp³-hybridized carbons (Fsp3) is 0.594. The molecule has 214 valence electrons. The number of halogens is 1. The molecule has 0 saturated heterocycles. The first-order valence-corrected chi connectivity index (χ1v) is 14.2. The van der Waals surface area contributed by atoms with Gasteiger partial charge in [-0.15, -0.1) is 11.6 Å². The van der Waals surface area contributed by atoms with E-state index in [-0.39, 0.29) is 12.3 Å². The van der Waals surface area contributed by atoms with Crippen LogP contribution in [0.1, 0.15) is 101 Å². The van der Waals surface area contributed by atoms with Gasteiger partial charge in [-0.1, -0.05) is 103 Å². The molecule has 2 rings (SSSR count). The van der Waals surface area contributed by atoms with E-state index in [1.165, 1.54) is 19.3 Å². The third-order valence-electron chi connectivity index (χ3n) is 5.79. The number of carboxylic acids is 1. The second-order valence-electron chi connectivity index (χ2n) is 11.3. The Labute approximate surface area is 237 Å². The maximum absolute atomic E-state index is 12.9. The number of hydrogen-bond donors (Lipinski definition) is 1. The van der Waals surface area contributed by atoms with Gasteiger partial charge in [0.05, 0.1) is 11.3 Å². The molecular weight excluding hydrogens is 496 g/mol. The summed E-state index contributed by atoms with van der Waals surface area (Å²) in [6.45, 7) is 21.0. The van der Waals surface area contributed by atoms with Crippen molar-refractivity contribution in [3.63, 3.8) is 0 Å². The zero-order chi connectivity index (χ0) is 29.6. The van der Waals surface area contributed by atoms with Crippen LogP contribution in [0.25, 0.3) is 0 Å². The number of allylic oxidation sites excluding steroid dienone is 7. The van der Waals surface area contributed by atoms with E-state index in [0.29, 0.717) is 29.7 Å². The van der Waals surface area contributed by atoms with Crippen LogP contribution in [-0.4, -0.2) is 44.7 Å². The summed E-state index contributed by atoms with van der Waals surface area (Å²) < 4.78 is 0. The molecule has 1 unspecified atom stereocenters. The normalized spacial score (nSPS) is 21.1. The highest BCUT2D eigenvalue weighted by atomic mass is 35.5. The van der Waals surface area contributed by atoms with Gasteiger partial charge >= 0.3 is 5.97 Å². The monoisotopic (exact) mass is 546 g/mol. The Kier molecular flexibility index (Phi) is 15.5. The number of nitrogens with zero attached hydrogens (tertiary/aromatic N) is 2. The van der Waals surface area contributed by atoms with Crippen molar-refractivity contribution in [2.75, 3.05) is 6.54 Å². The van der Waals surface area contributed by atoms with Crippen LogP contribution in [0.2, 0.25) is 0 Å². The number of aliphatic carboxylic acids is 1. The number of hydrogen-bond acceptors (Lipinski definition) is 3. The highest BCUT2D eigenvalue weighted by Gasteiger charge is 2.40. The highest BCUT2D eigenvalue weighted by Crippen LogP contribution is 2.32. The van der Waals surface area contributed by atoms with Crippen LogP contribution in [0.5, 0.6) is 0 Å². The maximum Gasteiger partial charge on any atom is 0.307 e. The van der Waals surface area contributed by atoms with Crippen molar-refractivity contribution < 1.29 is 14.7 Å². The molecule has 1 amide bonds. The first-order valence-electron chi connectivity index (χ1n) is 13.8. The number of aliphatic imine (C=N–C) groups is 1. The number of amides is 1. The van der Waals surface area contributed by atoms with Gasteiger partial charge in [-0.2, -0.15) is 0 Å². The van der Waals surface area contributed by atoms with Gasteiger partial charge in [0.1, 0.15) is 11.4 Å². The molecule has 0 spiro atoms. The first-order chi connectivity index (χ1) is 17.6. The molecule has 0 aromatic heterocycles. The average molecular weight is 547 g/mol. The summed E-state index contributed by atoms with van der Waals surface area (Å²) >= 11 is 6.42. The summed E-state index contributed by atoms with van der Waals surface area (Å²) in [5, 5.41) is 8.95. The van der Waals surface area contributed by atoms with Crippen LogP contribution in [-0.2, 0) is 9.59 Å². The average Bonchev–Trinajstić information content (AvgIpc) is 3.04. The molecule has 0 aromatic carbocycles. The van der Waals surface area contributed by atoms with E-state index in [0.717, 1.165) is 5.57 Å². The minimum Gasteiger partial charge on any atom is -0.481 e. The molecule has 0 saturated carbocycles. The van der Waals surface area contributed by atoms with Gasteiger partial charge in [-0.05, 0) is 51.5 Å². The predicted molar refractivity (Wildman–Crippen MR) is 164 cm³/mol. The SMILES string of the molecule is CC.CCCCC(C)(C)C.C\C=C/C(=C\C=C\CN1C(=O)C(C2=CC(C)(Cl)CC=C2)=NC1(C)C)CC(=O)O. The summed E-state index contributed by atoms with van der Waals surface area (Å²) in [6, 6.07) is 0. The number of carbonyl (C=O) groups excluding carboxylic acids is 1. The zero-order valence-electron chi connectivity index (χ0n) is 25.4. The van der Waals surface area contributed by atoms with Crippen molar-refractivity contribution in [3.05, 3.63) is 59.8 Å². The first kappa shape index (κ1) is 35.6. The lowest BCUT2D eigenvalue weighted by molar-refractivity contribution is -0.136. The lowest BCUT2D eigenvalue weighted by Gasteiger charge is -2.28. The van der Waals surface area contributed by atoms with Crippen molar-refractivity contribution in [2.45, 2.75) is 112 Å². The number of carboxylic acid groups (broad SMARTS) is 1. The minimum absolute atomic E-state index is 0.0479. The van der Waals surface area contributed by atoms with Crippen LogP contribution in [0, 0.1) is 5.41 Å². The Morgan fingerprint density at radius 2 is 1.87 bits per heavy atom. The quantitative estimate of drug-likeness (QED) is 0.232. The van der Waals surface area contributed by atoms with E-state index in [1.54, 1.807) is 29.2 Å². The summed E-state index contributed by atoms with van der Waals surface area (Å²) in [5.41, 5.74) is 1.76. The van der Waals surface area contributed by atoms with Gasteiger partial charge in [0.25, 0.3) is 5.91 Å². The second-order valence-corrected chi connectivity index (χ2v) is 12.1. The smallest absolute Gasteiger partial charge is 0.307 e. The molecule has 0 bridgehead atoms. The number of rotatable bonds is 9. The minimum atomic E-state index is -0.883. The van der Waals surface area contributed by atoms with Gasteiger partial charge in [0.15, 0.2) is 0 Å². The molecule has 1 atom stereocenters. The molecule has 6 heteroatoms. The molecule has 1 N–H and O–H groups in total. The van der Waals surface area contributed by atoms with E-state index in [2.05, 4.69) is 32.7 Å². The number of alkyl halides is 1. The molecule has 5 nitrogen and oxygen atoms in total. The van der Waals surface area contributed by atoms with E-state index in [4.69, 9.17) is 16.7 Å². The van der Waals surface area contributed by atoms with Crippen molar-refractivity contribution in [3.8, 4) is 0 Å². The van der Waals surface area contributed by atoms with Crippen molar-refractivity contribution >= 4 is 29.2 Å². The third-order valence-corrected chi connectivity index (χ3v) is 6.05. The topological polar surface area (TPSA) is 70.0 Å². The van der Waals surface area contributed by atoms with E-state index >= 15 is 0 Å². The summed E-state index contributed by atoms with van der Waals surface area (Å²) in [7, 11) is 0. The number of carbonyl (C=O) groups is 2. The van der Waals surface area contributed by atoms with E-state index in [9.17, 15) is 9.59 Å². The van der Waals surface area contributed by atoms with Crippen LogP contribution in [0.4, 0.5) is 0 Å². The number of unbranched alkanes of at least 4 members (excludes halogenated alkanes) is 1. The van der Waals surface area contributed by atoms with Crippen molar-refractivity contribution in [1.29, 1.82) is 0 Å². The third kappa shape index (κ3) is 13.4. The standard InChI is InChI=1S/C22H27ClN2O3.C8H18.C2H6/c1-5-9-16(14-18(26)27)10-6-7-13-25-20(28)19(24-21(25,2)3)17-11-8-12-22(4,23)15-17;1-5-6-7-8(2,3)4;1-2/h5-11,15H,12-14H2,1-4H3,(H,26,27);5-7H2,1-4H3;1-2H3/b7-6+,9-5-,16-10+;;. The van der Waals surface area contributed by atoms with Gasteiger partial charge in [-0.25, -0.2) is 0 Å². The van der Waals surface area contributed by atoms with Crippen LogP contribution in [0.15, 0.2) is 64.7 Å². The molecule has 1 aliphatic carbocycles. The Morgan fingerprint density at radius 1 is 1.24 bits per heavy atom. The lowest BCUT2D eigenvalue weighted by Crippen LogP contribution is -2.42. The van der Waals surface area contributed by atoms with Crippen molar-refractivity contribution in [2.24, 2.45) is 10.4 Å². The van der Waals surface area contributed by atoms with Crippen LogP contribution in [0.3, 0.4) is 0 Å². The Balaban J connectivity index is 0.00000117. The summed E-state index contributed by atoms with van der Waals surface area (Å²) in [6.07, 6.45) is 19.4. The van der Waals surface area contributed by atoms with Crippen molar-refractivity contribution in [1.82, 2.24) is 4.90 Å². The Morgan fingerprint density at radius 3 is 2.34 bits per heavy atom. The molecule has 0 radical (unpaired) electrons. The van der Waals surface area contributed by atoms with Gasteiger partial charge in [0, 0.05) is 12.1 Å². The molecular formula is C32H51ClN2O3. The second kappa shape index (κ2) is 16.5. The summed E-state index contributed by atoms with van der Waals surface area (Å²) in [5.74, 6) is -1.02. The van der Waals surface area contributed by atoms with E-state index < -0.39 is 16.5 Å². The van der Waals surface area contributed by atoms with Crippen LogP contribution < -0.4 is 0 Å². The lowest BCUT2D eigenvalue weighted by atomic mass is 9.90. The molecule has 1 aliphatic heterocycles. The fourth-order valence-corrected chi connectivity index (χ4v) is 4.08. The highest BCUT2D eigenvalue weighted by molar-refractivity contribution is 6.47. The summed E-state index contributed by atoms with van der Waals surface area (Å²) in [4.78, 5) is 29.7. The zero-order valence-corrected chi connectivity index (χ0v) is 26.2. The fourth-order valence-electron chi connectivity index (χ4n) is 3.87. The molecule has 0 aromatic rings. The van der Waals surface area contributed by atoms with Gasteiger partial charge in [-0.3, -0.25) is 14.6 Å². The molecule has 2 aliphatic rings. The molecule has 0 fully saturated rings. The van der Waals surface area contributed by atoms with Gasteiger partial charge < -0.3 is 10.0 Å². The Bertz CT molecular complexity index is 958. The predicted octanol–water partition coefficient (Wildman–Crippen LogP) is 8.67. The van der Waals surface area contributed by atoms with Gasteiger partial charge in [0.2, 0.25) is 0 Å².